The molecule has 4 rings (SSSR count). The lowest BCUT2D eigenvalue weighted by Gasteiger charge is -2.21. The van der Waals surface area contributed by atoms with Gasteiger partial charge >= 0.3 is 0 Å². The molecule has 1 saturated heterocycles. The molecule has 7 nitrogen and oxygen atoms in total. The Morgan fingerprint density at radius 1 is 1.19 bits per heavy atom. The van der Waals surface area contributed by atoms with Crippen molar-refractivity contribution in [3.8, 4) is 17.0 Å². The van der Waals surface area contributed by atoms with Gasteiger partial charge < -0.3 is 15.3 Å². The number of aromatic nitrogens is 3. The molecule has 1 amide bonds. The second-order valence-electron chi connectivity index (χ2n) is 6.53. The van der Waals surface area contributed by atoms with E-state index in [9.17, 15) is 9.90 Å². The summed E-state index contributed by atoms with van der Waals surface area (Å²) in [6.45, 7) is 5.03. The zero-order valence-electron chi connectivity index (χ0n) is 14.6. The number of rotatable bonds is 2. The third-order valence-electron chi connectivity index (χ3n) is 4.73. The van der Waals surface area contributed by atoms with Gasteiger partial charge in [0.1, 0.15) is 5.75 Å². The molecule has 0 aliphatic carbocycles. The molecule has 2 aromatic heterocycles. The Kier molecular flexibility index (Phi) is 4.30. The van der Waals surface area contributed by atoms with Crippen LogP contribution in [0.3, 0.4) is 0 Å². The summed E-state index contributed by atoms with van der Waals surface area (Å²) in [6, 6.07) is 8.63. The maximum Gasteiger partial charge on any atom is 0.254 e. The normalized spacial score (nSPS) is 15.2. The van der Waals surface area contributed by atoms with Crippen LogP contribution in [0.5, 0.6) is 5.75 Å². The zero-order valence-corrected chi connectivity index (χ0v) is 14.6. The number of nitrogens with zero attached hydrogens (tertiary/aromatic N) is 3. The summed E-state index contributed by atoms with van der Waals surface area (Å²) < 4.78 is 0. The van der Waals surface area contributed by atoms with Crippen LogP contribution in [-0.4, -0.2) is 57.3 Å². The highest BCUT2D eigenvalue weighted by molar-refractivity contribution is 6.07. The van der Waals surface area contributed by atoms with Gasteiger partial charge in [0, 0.05) is 25.2 Å². The highest BCUT2D eigenvalue weighted by atomic mass is 16.3. The molecule has 3 heterocycles. The Balaban J connectivity index is 1.82. The van der Waals surface area contributed by atoms with Gasteiger partial charge in [0.15, 0.2) is 5.65 Å². The number of hydrogen-bond donors (Lipinski definition) is 3. The molecular formula is C19H21N5O2. The number of H-pyrrole nitrogens is 1. The lowest BCUT2D eigenvalue weighted by Crippen LogP contribution is -2.34. The molecule has 1 aromatic carbocycles. The second kappa shape index (κ2) is 6.76. The van der Waals surface area contributed by atoms with E-state index in [1.807, 2.05) is 17.9 Å². The molecule has 1 aliphatic rings. The van der Waals surface area contributed by atoms with Crippen molar-refractivity contribution in [2.45, 2.75) is 13.3 Å². The van der Waals surface area contributed by atoms with Crippen molar-refractivity contribution < 1.29 is 9.90 Å². The number of phenolic OH excluding ortho intramolecular Hbond substituents is 1. The van der Waals surface area contributed by atoms with Crippen LogP contribution in [0.4, 0.5) is 0 Å². The third kappa shape index (κ3) is 3.01. The smallest absolute Gasteiger partial charge is 0.254 e. The largest absolute Gasteiger partial charge is 0.508 e. The molecule has 0 spiro atoms. The monoisotopic (exact) mass is 351 g/mol. The molecule has 3 N–H and O–H groups in total. The number of pyridine rings is 1. The fourth-order valence-corrected chi connectivity index (χ4v) is 3.35. The number of carbonyl (C=O) groups is 1. The molecule has 3 aromatic rings. The molecule has 0 unspecified atom stereocenters. The van der Waals surface area contributed by atoms with Crippen LogP contribution in [0.15, 0.2) is 30.3 Å². The second-order valence-corrected chi connectivity index (χ2v) is 6.53. The number of benzene rings is 1. The van der Waals surface area contributed by atoms with E-state index in [1.165, 1.54) is 0 Å². The van der Waals surface area contributed by atoms with Crippen LogP contribution in [0.1, 0.15) is 22.5 Å². The van der Waals surface area contributed by atoms with E-state index >= 15 is 0 Å². The molecule has 1 aliphatic heterocycles. The first kappa shape index (κ1) is 16.5. The van der Waals surface area contributed by atoms with Gasteiger partial charge in [-0.1, -0.05) is 0 Å². The van der Waals surface area contributed by atoms with Gasteiger partial charge in [-0.25, -0.2) is 4.98 Å². The van der Waals surface area contributed by atoms with Crippen molar-refractivity contribution >= 4 is 16.9 Å². The Morgan fingerprint density at radius 3 is 2.81 bits per heavy atom. The average molecular weight is 351 g/mol. The van der Waals surface area contributed by atoms with Gasteiger partial charge in [-0.2, -0.15) is 5.10 Å². The first-order chi connectivity index (χ1) is 12.6. The number of carbonyl (C=O) groups excluding carboxylic acids is 1. The fourth-order valence-electron chi connectivity index (χ4n) is 3.35. The summed E-state index contributed by atoms with van der Waals surface area (Å²) in [6.07, 6.45) is 0.940. The van der Waals surface area contributed by atoms with Gasteiger partial charge in [0.2, 0.25) is 0 Å². The highest BCUT2D eigenvalue weighted by Gasteiger charge is 2.23. The van der Waals surface area contributed by atoms with Crippen LogP contribution in [-0.2, 0) is 0 Å². The minimum atomic E-state index is 0.00521. The average Bonchev–Trinajstić information content (AvgIpc) is 2.86. The number of aromatic amines is 1. The van der Waals surface area contributed by atoms with E-state index in [2.05, 4.69) is 20.5 Å². The summed E-state index contributed by atoms with van der Waals surface area (Å²) >= 11 is 0. The number of aryl methyl sites for hydroxylation is 1. The van der Waals surface area contributed by atoms with E-state index in [-0.39, 0.29) is 11.7 Å². The summed E-state index contributed by atoms with van der Waals surface area (Å²) in [5.74, 6) is 0.200. The molecule has 7 heteroatoms. The number of fused-ring (bicyclic) bond motifs is 1. The van der Waals surface area contributed by atoms with Crippen LogP contribution >= 0.6 is 0 Å². The Bertz CT molecular complexity index is 940. The maximum absolute atomic E-state index is 13.2. The molecule has 26 heavy (non-hydrogen) atoms. The van der Waals surface area contributed by atoms with E-state index < -0.39 is 0 Å². The van der Waals surface area contributed by atoms with Crippen molar-refractivity contribution in [2.75, 3.05) is 26.2 Å². The van der Waals surface area contributed by atoms with Crippen molar-refractivity contribution in [1.82, 2.24) is 25.4 Å². The van der Waals surface area contributed by atoms with Crippen LogP contribution in [0.25, 0.3) is 22.3 Å². The number of phenols is 1. The predicted molar refractivity (Wildman–Crippen MR) is 99.1 cm³/mol. The molecule has 134 valence electrons. The van der Waals surface area contributed by atoms with Crippen molar-refractivity contribution in [1.29, 1.82) is 0 Å². The summed E-state index contributed by atoms with van der Waals surface area (Å²) in [7, 11) is 0. The SMILES string of the molecule is Cc1n[nH]c2nc(-c3ccc(O)cc3)cc(C(=O)N3CCCNCC3)c12. The van der Waals surface area contributed by atoms with Crippen molar-refractivity contribution in [3.05, 3.63) is 41.6 Å². The Morgan fingerprint density at radius 2 is 2.00 bits per heavy atom. The summed E-state index contributed by atoms with van der Waals surface area (Å²) in [5.41, 5.74) is 3.50. The molecule has 0 saturated carbocycles. The molecule has 0 radical (unpaired) electrons. The van der Waals surface area contributed by atoms with Gasteiger partial charge in [-0.3, -0.25) is 9.89 Å². The minimum Gasteiger partial charge on any atom is -0.508 e. The first-order valence-corrected chi connectivity index (χ1v) is 8.78. The van der Waals surface area contributed by atoms with Gasteiger partial charge in [0.25, 0.3) is 5.91 Å². The quantitative estimate of drug-likeness (QED) is 0.657. The molecule has 0 bridgehead atoms. The summed E-state index contributed by atoms with van der Waals surface area (Å²) in [4.78, 5) is 19.8. The van der Waals surface area contributed by atoms with E-state index in [0.29, 0.717) is 23.4 Å². The standard InChI is InChI=1S/C19H21N5O2/c1-12-17-15(19(26)24-9-2-7-20-8-10-24)11-16(21-18(17)23-22-12)13-3-5-14(25)6-4-13/h3-6,11,20,25H,2,7-10H2,1H3,(H,21,22,23). The van der Waals surface area contributed by atoms with Gasteiger partial charge in [0.05, 0.1) is 22.3 Å². The molecular weight excluding hydrogens is 330 g/mol. The fraction of sp³-hybridized carbons (Fsp3) is 0.316. The zero-order chi connectivity index (χ0) is 18.1. The third-order valence-corrected chi connectivity index (χ3v) is 4.73. The number of hydrogen-bond acceptors (Lipinski definition) is 5. The lowest BCUT2D eigenvalue weighted by molar-refractivity contribution is 0.0768. The lowest BCUT2D eigenvalue weighted by atomic mass is 10.0. The van der Waals surface area contributed by atoms with Crippen molar-refractivity contribution in [3.63, 3.8) is 0 Å². The Labute approximate surface area is 151 Å². The van der Waals surface area contributed by atoms with Crippen LogP contribution < -0.4 is 5.32 Å². The predicted octanol–water partition coefficient (Wildman–Crippen LogP) is 2.07. The van der Waals surface area contributed by atoms with Crippen LogP contribution in [0, 0.1) is 6.92 Å². The minimum absolute atomic E-state index is 0.00521. The van der Waals surface area contributed by atoms with E-state index in [0.717, 1.165) is 42.7 Å². The number of aromatic hydroxyl groups is 1. The van der Waals surface area contributed by atoms with Gasteiger partial charge in [-0.15, -0.1) is 0 Å². The first-order valence-electron chi connectivity index (χ1n) is 8.78. The van der Waals surface area contributed by atoms with E-state index in [1.54, 1.807) is 24.3 Å². The highest BCUT2D eigenvalue weighted by Crippen LogP contribution is 2.27. The number of nitrogens with one attached hydrogen (secondary N) is 2. The van der Waals surface area contributed by atoms with Crippen LogP contribution in [0.2, 0.25) is 0 Å². The molecule has 0 atom stereocenters. The topological polar surface area (TPSA) is 94.1 Å². The van der Waals surface area contributed by atoms with E-state index in [4.69, 9.17) is 0 Å². The molecule has 1 fully saturated rings. The van der Waals surface area contributed by atoms with Gasteiger partial charge in [-0.05, 0) is 50.2 Å². The Hall–Kier alpha value is -2.93. The maximum atomic E-state index is 13.2. The number of amides is 1. The van der Waals surface area contributed by atoms with Crippen molar-refractivity contribution in [2.24, 2.45) is 0 Å². The summed E-state index contributed by atoms with van der Waals surface area (Å²) in [5, 5.41) is 20.8.